The van der Waals surface area contributed by atoms with Crippen LogP contribution < -0.4 is 5.73 Å². The quantitative estimate of drug-likeness (QED) is 0.778. The molecule has 0 spiro atoms. The summed E-state index contributed by atoms with van der Waals surface area (Å²) in [7, 11) is 0. The summed E-state index contributed by atoms with van der Waals surface area (Å²) in [5, 5.41) is 0. The van der Waals surface area contributed by atoms with E-state index in [0.717, 1.165) is 6.54 Å². The number of hydrogen-bond acceptors (Lipinski definition) is 2. The highest BCUT2D eigenvalue weighted by atomic mass is 16.2. The fourth-order valence-corrected chi connectivity index (χ4v) is 1.38. The summed E-state index contributed by atoms with van der Waals surface area (Å²) < 4.78 is 0. The van der Waals surface area contributed by atoms with Crippen molar-refractivity contribution in [1.29, 1.82) is 0 Å². The van der Waals surface area contributed by atoms with Crippen LogP contribution in [0.2, 0.25) is 0 Å². The molecule has 0 unspecified atom stereocenters. The molecule has 0 aliphatic carbocycles. The number of hydrogen-bond donors (Lipinski definition) is 1. The van der Waals surface area contributed by atoms with E-state index in [9.17, 15) is 4.79 Å². The standard InChI is InChI=1S/C12H26N2O/c1-8-14(9(2)3)10(15)11(4,5)12(6,7)13/h9H,8,13H2,1-7H3. The SMILES string of the molecule is CCN(C(=O)C(C)(C)C(C)(C)N)C(C)C. The first-order chi connectivity index (χ1) is 6.55. The Morgan fingerprint density at radius 2 is 1.67 bits per heavy atom. The van der Waals surface area contributed by atoms with Crippen LogP contribution in [0.4, 0.5) is 0 Å². The molecule has 0 aromatic carbocycles. The van der Waals surface area contributed by atoms with Gasteiger partial charge in [0.15, 0.2) is 0 Å². The van der Waals surface area contributed by atoms with Gasteiger partial charge < -0.3 is 10.6 Å². The van der Waals surface area contributed by atoms with Crippen molar-refractivity contribution < 1.29 is 4.79 Å². The third kappa shape index (κ3) is 2.94. The van der Waals surface area contributed by atoms with Crippen molar-refractivity contribution in [3.63, 3.8) is 0 Å². The highest BCUT2D eigenvalue weighted by molar-refractivity contribution is 5.83. The minimum atomic E-state index is -0.534. The van der Waals surface area contributed by atoms with Crippen molar-refractivity contribution in [2.45, 2.75) is 60.0 Å². The molecule has 15 heavy (non-hydrogen) atoms. The number of carbonyl (C=O) groups excluding carboxylic acids is 1. The Balaban J connectivity index is 4.99. The second-order valence-corrected chi connectivity index (χ2v) is 5.53. The second-order valence-electron chi connectivity index (χ2n) is 5.53. The predicted octanol–water partition coefficient (Wildman–Crippen LogP) is 2.01. The Bertz CT molecular complexity index is 226. The van der Waals surface area contributed by atoms with Gasteiger partial charge in [-0.15, -0.1) is 0 Å². The molecule has 0 bridgehead atoms. The summed E-state index contributed by atoms with van der Waals surface area (Å²) in [6.45, 7) is 14.4. The molecular weight excluding hydrogens is 188 g/mol. The molecule has 0 saturated heterocycles. The first kappa shape index (κ1) is 14.4. The maximum absolute atomic E-state index is 12.3. The van der Waals surface area contributed by atoms with Crippen LogP contribution in [-0.4, -0.2) is 28.9 Å². The van der Waals surface area contributed by atoms with Crippen LogP contribution in [0.15, 0.2) is 0 Å². The molecule has 90 valence electrons. The fraction of sp³-hybridized carbons (Fsp3) is 0.917. The van der Waals surface area contributed by atoms with Crippen molar-refractivity contribution >= 4 is 5.91 Å². The van der Waals surface area contributed by atoms with Gasteiger partial charge in [-0.1, -0.05) is 0 Å². The summed E-state index contributed by atoms with van der Waals surface area (Å²) in [6.07, 6.45) is 0. The minimum absolute atomic E-state index is 0.132. The average Bonchev–Trinajstić information content (AvgIpc) is 2.02. The van der Waals surface area contributed by atoms with E-state index in [-0.39, 0.29) is 11.9 Å². The van der Waals surface area contributed by atoms with Crippen LogP contribution >= 0.6 is 0 Å². The molecule has 0 aromatic heterocycles. The first-order valence-corrected chi connectivity index (χ1v) is 5.65. The van der Waals surface area contributed by atoms with Crippen molar-refractivity contribution in [1.82, 2.24) is 4.90 Å². The van der Waals surface area contributed by atoms with Gasteiger partial charge in [0, 0.05) is 18.1 Å². The smallest absolute Gasteiger partial charge is 0.230 e. The van der Waals surface area contributed by atoms with Crippen LogP contribution in [0.5, 0.6) is 0 Å². The lowest BCUT2D eigenvalue weighted by Crippen LogP contribution is -2.57. The van der Waals surface area contributed by atoms with E-state index in [1.165, 1.54) is 0 Å². The zero-order chi connectivity index (χ0) is 12.4. The zero-order valence-electron chi connectivity index (χ0n) is 11.2. The molecule has 0 saturated carbocycles. The maximum atomic E-state index is 12.3. The van der Waals surface area contributed by atoms with E-state index in [1.807, 2.05) is 53.4 Å². The number of amides is 1. The van der Waals surface area contributed by atoms with E-state index in [2.05, 4.69) is 0 Å². The van der Waals surface area contributed by atoms with Crippen molar-refractivity contribution in [3.8, 4) is 0 Å². The van der Waals surface area contributed by atoms with E-state index in [1.54, 1.807) is 0 Å². The number of nitrogens with zero attached hydrogens (tertiary/aromatic N) is 1. The van der Waals surface area contributed by atoms with Gasteiger partial charge in [0.25, 0.3) is 0 Å². The third-order valence-electron chi connectivity index (χ3n) is 3.37. The van der Waals surface area contributed by atoms with Gasteiger partial charge >= 0.3 is 0 Å². The van der Waals surface area contributed by atoms with Gasteiger partial charge in [0.05, 0.1) is 5.41 Å². The third-order valence-corrected chi connectivity index (χ3v) is 3.37. The van der Waals surface area contributed by atoms with Crippen LogP contribution in [0.1, 0.15) is 48.5 Å². The van der Waals surface area contributed by atoms with Gasteiger partial charge in [-0.3, -0.25) is 4.79 Å². The lowest BCUT2D eigenvalue weighted by Gasteiger charge is -2.41. The lowest BCUT2D eigenvalue weighted by atomic mass is 9.74. The Hall–Kier alpha value is -0.570. The first-order valence-electron chi connectivity index (χ1n) is 5.65. The summed E-state index contributed by atoms with van der Waals surface area (Å²) >= 11 is 0. The number of carbonyl (C=O) groups is 1. The van der Waals surface area contributed by atoms with Crippen LogP contribution in [0, 0.1) is 5.41 Å². The molecule has 0 rings (SSSR count). The summed E-state index contributed by atoms with van der Waals surface area (Å²) in [5.74, 6) is 0.132. The highest BCUT2D eigenvalue weighted by Gasteiger charge is 2.42. The largest absolute Gasteiger partial charge is 0.340 e. The fourth-order valence-electron chi connectivity index (χ4n) is 1.38. The van der Waals surface area contributed by atoms with E-state index in [4.69, 9.17) is 5.73 Å². The second kappa shape index (κ2) is 4.52. The highest BCUT2D eigenvalue weighted by Crippen LogP contribution is 2.31. The lowest BCUT2D eigenvalue weighted by molar-refractivity contribution is -0.145. The van der Waals surface area contributed by atoms with Crippen LogP contribution in [0.3, 0.4) is 0 Å². The molecule has 2 N–H and O–H groups in total. The van der Waals surface area contributed by atoms with E-state index in [0.29, 0.717) is 0 Å². The Morgan fingerprint density at radius 3 is 1.87 bits per heavy atom. The van der Waals surface area contributed by atoms with E-state index < -0.39 is 11.0 Å². The maximum Gasteiger partial charge on any atom is 0.230 e. The Morgan fingerprint density at radius 1 is 1.27 bits per heavy atom. The minimum Gasteiger partial charge on any atom is -0.340 e. The molecule has 1 amide bonds. The number of rotatable bonds is 4. The van der Waals surface area contributed by atoms with Crippen molar-refractivity contribution in [3.05, 3.63) is 0 Å². The molecule has 0 aliphatic heterocycles. The normalized spacial score (nSPS) is 13.1. The number of nitrogens with two attached hydrogens (primary N) is 1. The van der Waals surface area contributed by atoms with Crippen molar-refractivity contribution in [2.75, 3.05) is 6.54 Å². The van der Waals surface area contributed by atoms with E-state index >= 15 is 0 Å². The van der Waals surface area contributed by atoms with Gasteiger partial charge in [-0.25, -0.2) is 0 Å². The molecule has 0 atom stereocenters. The van der Waals surface area contributed by atoms with Gasteiger partial charge in [0.2, 0.25) is 5.91 Å². The van der Waals surface area contributed by atoms with Gasteiger partial charge in [-0.05, 0) is 48.5 Å². The topological polar surface area (TPSA) is 46.3 Å². The molecule has 0 radical (unpaired) electrons. The molecule has 0 heterocycles. The zero-order valence-corrected chi connectivity index (χ0v) is 11.2. The molecule has 0 aromatic rings. The summed E-state index contributed by atoms with van der Waals surface area (Å²) in [5.41, 5.74) is 5.02. The molecule has 3 nitrogen and oxygen atoms in total. The monoisotopic (exact) mass is 214 g/mol. The summed E-state index contributed by atoms with van der Waals surface area (Å²) in [4.78, 5) is 14.2. The molecule has 0 aliphatic rings. The average molecular weight is 214 g/mol. The summed E-state index contributed by atoms with van der Waals surface area (Å²) in [6, 6.07) is 0.226. The predicted molar refractivity (Wildman–Crippen MR) is 64.6 cm³/mol. The molecular formula is C12H26N2O. The van der Waals surface area contributed by atoms with Crippen LogP contribution in [0.25, 0.3) is 0 Å². The Labute approximate surface area is 94.0 Å². The molecule has 3 heteroatoms. The van der Waals surface area contributed by atoms with Crippen LogP contribution in [-0.2, 0) is 4.79 Å². The molecule has 0 fully saturated rings. The Kier molecular flexibility index (Phi) is 4.35. The van der Waals surface area contributed by atoms with Gasteiger partial charge in [0.1, 0.15) is 0 Å². The van der Waals surface area contributed by atoms with Gasteiger partial charge in [-0.2, -0.15) is 0 Å². The van der Waals surface area contributed by atoms with Crippen molar-refractivity contribution in [2.24, 2.45) is 11.1 Å².